The van der Waals surface area contributed by atoms with Gasteiger partial charge in [0.2, 0.25) is 5.78 Å². The van der Waals surface area contributed by atoms with Gasteiger partial charge in [0.25, 0.3) is 0 Å². The van der Waals surface area contributed by atoms with E-state index in [9.17, 15) is 9.59 Å². The van der Waals surface area contributed by atoms with Gasteiger partial charge in [-0.25, -0.2) is 0 Å². The standard InChI is InChI=1S/C9H14O4/c1-6-5-12-9(2,3)13-8(6)7(11)4-10/h4,6,8H,5H2,1-3H3. The fourth-order valence-corrected chi connectivity index (χ4v) is 1.28. The lowest BCUT2D eigenvalue weighted by Crippen LogP contribution is -2.48. The Balaban J connectivity index is 2.71. The number of ether oxygens (including phenoxy) is 2. The smallest absolute Gasteiger partial charge is 0.224 e. The Morgan fingerprint density at radius 1 is 1.54 bits per heavy atom. The molecule has 1 fully saturated rings. The highest BCUT2D eigenvalue weighted by Crippen LogP contribution is 2.25. The van der Waals surface area contributed by atoms with Crippen molar-refractivity contribution in [3.05, 3.63) is 0 Å². The molecule has 0 radical (unpaired) electrons. The monoisotopic (exact) mass is 186 g/mol. The predicted octanol–water partition coefficient (Wildman–Crippen LogP) is 0.542. The summed E-state index contributed by atoms with van der Waals surface area (Å²) in [5, 5.41) is 0. The zero-order chi connectivity index (χ0) is 10.1. The van der Waals surface area contributed by atoms with Gasteiger partial charge in [-0.05, 0) is 13.8 Å². The molecule has 0 saturated carbocycles. The maximum Gasteiger partial charge on any atom is 0.224 e. The molecule has 0 spiro atoms. The number of hydrogen-bond donors (Lipinski definition) is 0. The molecule has 0 aromatic rings. The van der Waals surface area contributed by atoms with Crippen molar-refractivity contribution in [2.45, 2.75) is 32.7 Å². The summed E-state index contributed by atoms with van der Waals surface area (Å²) in [6.45, 7) is 5.71. The molecule has 0 aromatic carbocycles. The fraction of sp³-hybridized carbons (Fsp3) is 0.778. The van der Waals surface area contributed by atoms with Gasteiger partial charge in [0.1, 0.15) is 6.10 Å². The average Bonchev–Trinajstić information content (AvgIpc) is 2.08. The van der Waals surface area contributed by atoms with Crippen molar-refractivity contribution in [3.63, 3.8) is 0 Å². The summed E-state index contributed by atoms with van der Waals surface area (Å²) in [4.78, 5) is 21.4. The normalized spacial score (nSPS) is 32.5. The van der Waals surface area contributed by atoms with Crippen LogP contribution in [0.5, 0.6) is 0 Å². The molecule has 0 N–H and O–H groups in total. The van der Waals surface area contributed by atoms with Crippen LogP contribution < -0.4 is 0 Å². The first-order valence-corrected chi connectivity index (χ1v) is 4.27. The molecule has 2 unspecified atom stereocenters. The van der Waals surface area contributed by atoms with Gasteiger partial charge in [0.15, 0.2) is 12.1 Å². The van der Waals surface area contributed by atoms with E-state index in [2.05, 4.69) is 0 Å². The first-order chi connectivity index (χ1) is 5.96. The molecule has 1 aliphatic rings. The van der Waals surface area contributed by atoms with Gasteiger partial charge in [-0.2, -0.15) is 0 Å². The van der Waals surface area contributed by atoms with Crippen LogP contribution >= 0.6 is 0 Å². The van der Waals surface area contributed by atoms with Crippen molar-refractivity contribution >= 4 is 12.1 Å². The van der Waals surface area contributed by atoms with Crippen LogP contribution in [0.4, 0.5) is 0 Å². The van der Waals surface area contributed by atoms with Crippen LogP contribution in [0.1, 0.15) is 20.8 Å². The van der Waals surface area contributed by atoms with E-state index < -0.39 is 17.7 Å². The van der Waals surface area contributed by atoms with Gasteiger partial charge in [0.05, 0.1) is 6.61 Å². The average molecular weight is 186 g/mol. The van der Waals surface area contributed by atoms with E-state index in [1.807, 2.05) is 6.92 Å². The second-order valence-corrected chi connectivity index (χ2v) is 3.75. The maximum absolute atomic E-state index is 11.1. The van der Waals surface area contributed by atoms with Crippen molar-refractivity contribution in [2.24, 2.45) is 5.92 Å². The van der Waals surface area contributed by atoms with E-state index in [1.165, 1.54) is 0 Å². The molecule has 0 bridgehead atoms. The number of aldehydes is 1. The molecule has 2 atom stereocenters. The van der Waals surface area contributed by atoms with Crippen molar-refractivity contribution in [1.82, 2.24) is 0 Å². The minimum absolute atomic E-state index is 0.0641. The Bertz CT molecular complexity index is 222. The molecule has 74 valence electrons. The van der Waals surface area contributed by atoms with E-state index in [-0.39, 0.29) is 5.92 Å². The summed E-state index contributed by atoms with van der Waals surface area (Å²) in [5.41, 5.74) is 0. The lowest BCUT2D eigenvalue weighted by atomic mass is 10.0. The zero-order valence-electron chi connectivity index (χ0n) is 8.07. The van der Waals surface area contributed by atoms with E-state index in [0.717, 1.165) is 0 Å². The summed E-state index contributed by atoms with van der Waals surface area (Å²) in [5.74, 6) is -1.34. The molecule has 0 aromatic heterocycles. The molecule has 1 heterocycles. The van der Waals surface area contributed by atoms with E-state index in [4.69, 9.17) is 9.47 Å². The van der Waals surface area contributed by atoms with Crippen LogP contribution in [0.15, 0.2) is 0 Å². The Morgan fingerprint density at radius 2 is 2.15 bits per heavy atom. The predicted molar refractivity (Wildman–Crippen MR) is 45.1 cm³/mol. The first kappa shape index (κ1) is 10.3. The van der Waals surface area contributed by atoms with Gasteiger partial charge >= 0.3 is 0 Å². The third-order valence-corrected chi connectivity index (χ3v) is 2.02. The van der Waals surface area contributed by atoms with Crippen molar-refractivity contribution in [2.75, 3.05) is 6.61 Å². The number of carbonyl (C=O) groups excluding carboxylic acids is 2. The molecule has 0 amide bonds. The summed E-state index contributed by atoms with van der Waals surface area (Å²) in [6.07, 6.45) is -0.344. The van der Waals surface area contributed by atoms with E-state index >= 15 is 0 Å². The van der Waals surface area contributed by atoms with Gasteiger partial charge in [-0.15, -0.1) is 0 Å². The van der Waals surface area contributed by atoms with Crippen molar-refractivity contribution < 1.29 is 19.1 Å². The minimum Gasteiger partial charge on any atom is -0.350 e. The highest BCUT2D eigenvalue weighted by Gasteiger charge is 2.37. The maximum atomic E-state index is 11.1. The number of rotatable bonds is 2. The highest BCUT2D eigenvalue weighted by molar-refractivity contribution is 6.27. The highest BCUT2D eigenvalue weighted by atomic mass is 16.7. The van der Waals surface area contributed by atoms with Gasteiger partial charge < -0.3 is 9.47 Å². The number of ketones is 1. The Hall–Kier alpha value is -0.740. The van der Waals surface area contributed by atoms with Crippen LogP contribution in [-0.2, 0) is 19.1 Å². The number of carbonyl (C=O) groups is 2. The molecular weight excluding hydrogens is 172 g/mol. The SMILES string of the molecule is CC1COC(C)(C)OC1C(=O)C=O. The van der Waals surface area contributed by atoms with Gasteiger partial charge in [-0.3, -0.25) is 9.59 Å². The molecule has 13 heavy (non-hydrogen) atoms. The zero-order valence-corrected chi connectivity index (χ0v) is 8.07. The topological polar surface area (TPSA) is 52.6 Å². The summed E-state index contributed by atoms with van der Waals surface area (Å²) in [6, 6.07) is 0. The Kier molecular flexibility index (Phi) is 2.83. The second-order valence-electron chi connectivity index (χ2n) is 3.75. The first-order valence-electron chi connectivity index (χ1n) is 4.27. The fourth-order valence-electron chi connectivity index (χ4n) is 1.28. The van der Waals surface area contributed by atoms with Gasteiger partial charge in [-0.1, -0.05) is 6.92 Å². The van der Waals surface area contributed by atoms with Crippen LogP contribution in [-0.4, -0.2) is 30.6 Å². The molecule has 4 nitrogen and oxygen atoms in total. The third kappa shape index (κ3) is 2.35. The lowest BCUT2D eigenvalue weighted by Gasteiger charge is -2.38. The number of Topliss-reactive ketones (excluding diaryl/α,β-unsaturated/α-hetero) is 1. The van der Waals surface area contributed by atoms with E-state index in [0.29, 0.717) is 12.9 Å². The third-order valence-electron chi connectivity index (χ3n) is 2.02. The van der Waals surface area contributed by atoms with Crippen molar-refractivity contribution in [1.29, 1.82) is 0 Å². The van der Waals surface area contributed by atoms with Gasteiger partial charge in [0, 0.05) is 5.92 Å². The summed E-state index contributed by atoms with van der Waals surface area (Å²) in [7, 11) is 0. The lowest BCUT2D eigenvalue weighted by molar-refractivity contribution is -0.282. The second kappa shape index (κ2) is 3.55. The van der Waals surface area contributed by atoms with Crippen molar-refractivity contribution in [3.8, 4) is 0 Å². The Labute approximate surface area is 77.2 Å². The number of hydrogen-bond acceptors (Lipinski definition) is 4. The minimum atomic E-state index is -0.768. The van der Waals surface area contributed by atoms with Crippen LogP contribution in [0.2, 0.25) is 0 Å². The molecular formula is C9H14O4. The quantitative estimate of drug-likeness (QED) is 0.466. The van der Waals surface area contributed by atoms with Crippen LogP contribution in [0.25, 0.3) is 0 Å². The Morgan fingerprint density at radius 3 is 2.69 bits per heavy atom. The molecule has 1 rings (SSSR count). The molecule has 1 saturated heterocycles. The van der Waals surface area contributed by atoms with Crippen LogP contribution in [0.3, 0.4) is 0 Å². The van der Waals surface area contributed by atoms with Crippen LogP contribution in [0, 0.1) is 5.92 Å². The molecule has 4 heteroatoms. The summed E-state index contributed by atoms with van der Waals surface area (Å²) < 4.78 is 10.6. The molecule has 0 aliphatic carbocycles. The summed E-state index contributed by atoms with van der Waals surface area (Å²) >= 11 is 0. The van der Waals surface area contributed by atoms with E-state index in [1.54, 1.807) is 13.8 Å². The molecule has 1 aliphatic heterocycles. The largest absolute Gasteiger partial charge is 0.350 e.